The summed E-state index contributed by atoms with van der Waals surface area (Å²) in [5, 5.41) is 8.75. The summed E-state index contributed by atoms with van der Waals surface area (Å²) in [6, 6.07) is 17.7. The molecule has 26 heavy (non-hydrogen) atoms. The number of carbonyl (C=O) groups is 1. The van der Waals surface area contributed by atoms with Crippen molar-refractivity contribution in [2.75, 3.05) is 6.61 Å². The molecule has 0 heterocycles. The van der Waals surface area contributed by atoms with E-state index in [0.717, 1.165) is 16.9 Å². The number of rotatable bonds is 5. The smallest absolute Gasteiger partial charge is 0.333 e. The zero-order valence-corrected chi connectivity index (χ0v) is 15.8. The molecule has 0 N–H and O–H groups in total. The van der Waals surface area contributed by atoms with Crippen molar-refractivity contribution < 1.29 is 14.3 Å². The largest absolute Gasteiger partial charge is 0.491 e. The molecule has 2 rings (SSSR count). The van der Waals surface area contributed by atoms with E-state index in [-0.39, 0.29) is 12.1 Å². The van der Waals surface area contributed by atoms with E-state index < -0.39 is 0 Å². The van der Waals surface area contributed by atoms with E-state index in [9.17, 15) is 4.79 Å². The van der Waals surface area contributed by atoms with Crippen molar-refractivity contribution in [2.24, 2.45) is 0 Å². The van der Waals surface area contributed by atoms with Gasteiger partial charge < -0.3 is 9.47 Å². The summed E-state index contributed by atoms with van der Waals surface area (Å²) in [5.74, 6) is 0.565. The molecule has 136 valence electrons. The van der Waals surface area contributed by atoms with Crippen LogP contribution in [0.15, 0.2) is 60.7 Å². The number of nitrogens with zero attached hydrogens (tertiary/aromatic N) is 1. The van der Waals surface area contributed by atoms with Gasteiger partial charge in [0, 0.05) is 5.57 Å². The normalized spacial score (nSPS) is 9.54. The molecule has 2 aromatic carbocycles. The highest BCUT2D eigenvalue weighted by Gasteiger charge is 2.01. The third kappa shape index (κ3) is 7.23. The lowest BCUT2D eigenvalue weighted by atomic mass is 10.0. The summed E-state index contributed by atoms with van der Waals surface area (Å²) >= 11 is 0. The van der Waals surface area contributed by atoms with Crippen LogP contribution >= 0.6 is 0 Å². The van der Waals surface area contributed by atoms with E-state index in [4.69, 9.17) is 10.00 Å². The van der Waals surface area contributed by atoms with E-state index in [0.29, 0.717) is 17.7 Å². The SMILES string of the molecule is C=C(C)C(=O)OCC.CC(C)Oc1ccc(-c2ccc(C#N)cc2)cc1. The molecule has 2 aromatic rings. The molecule has 0 atom stereocenters. The Kier molecular flexibility index (Phi) is 8.66. The third-order valence-corrected chi connectivity index (χ3v) is 3.20. The van der Waals surface area contributed by atoms with Crippen LogP contribution in [-0.2, 0) is 9.53 Å². The predicted octanol–water partition coefficient (Wildman–Crippen LogP) is 5.14. The van der Waals surface area contributed by atoms with Gasteiger partial charge in [-0.3, -0.25) is 0 Å². The lowest BCUT2D eigenvalue weighted by molar-refractivity contribution is -0.138. The first-order valence-electron chi connectivity index (χ1n) is 8.47. The Balaban J connectivity index is 0.000000359. The number of benzene rings is 2. The van der Waals surface area contributed by atoms with Crippen molar-refractivity contribution in [1.82, 2.24) is 0 Å². The number of esters is 1. The van der Waals surface area contributed by atoms with Gasteiger partial charge in [-0.25, -0.2) is 4.79 Å². The Bertz CT molecular complexity index is 753. The molecule has 0 bridgehead atoms. The first-order valence-corrected chi connectivity index (χ1v) is 8.47. The minimum Gasteiger partial charge on any atom is -0.491 e. The minimum absolute atomic E-state index is 0.186. The van der Waals surface area contributed by atoms with Crippen LogP contribution in [0.2, 0.25) is 0 Å². The quantitative estimate of drug-likeness (QED) is 0.553. The highest BCUT2D eigenvalue weighted by Crippen LogP contribution is 2.23. The van der Waals surface area contributed by atoms with Crippen LogP contribution in [0.5, 0.6) is 5.75 Å². The zero-order valence-electron chi connectivity index (χ0n) is 15.8. The van der Waals surface area contributed by atoms with Crippen LogP contribution in [-0.4, -0.2) is 18.7 Å². The second-order valence-electron chi connectivity index (χ2n) is 5.88. The molecule has 4 heteroatoms. The van der Waals surface area contributed by atoms with Gasteiger partial charge in [0.05, 0.1) is 24.3 Å². The Morgan fingerprint density at radius 3 is 1.92 bits per heavy atom. The van der Waals surface area contributed by atoms with Gasteiger partial charge in [0.1, 0.15) is 5.75 Å². The van der Waals surface area contributed by atoms with Crippen LogP contribution in [0.1, 0.15) is 33.3 Å². The molecule has 0 spiro atoms. The highest BCUT2D eigenvalue weighted by molar-refractivity contribution is 5.86. The van der Waals surface area contributed by atoms with Crippen molar-refractivity contribution in [3.05, 3.63) is 66.2 Å². The molecule has 0 saturated heterocycles. The fourth-order valence-corrected chi connectivity index (χ4v) is 1.99. The minimum atomic E-state index is -0.312. The van der Waals surface area contributed by atoms with Crippen LogP contribution in [0.3, 0.4) is 0 Å². The van der Waals surface area contributed by atoms with Gasteiger partial charge in [-0.05, 0) is 63.1 Å². The molecule has 4 nitrogen and oxygen atoms in total. The molecule has 0 amide bonds. The Hall–Kier alpha value is -3.06. The maximum absolute atomic E-state index is 10.4. The maximum Gasteiger partial charge on any atom is 0.333 e. The van der Waals surface area contributed by atoms with E-state index in [1.807, 2.05) is 62.4 Å². The maximum atomic E-state index is 10.4. The van der Waals surface area contributed by atoms with Gasteiger partial charge in [0.2, 0.25) is 0 Å². The Labute approximate surface area is 155 Å². The van der Waals surface area contributed by atoms with Gasteiger partial charge >= 0.3 is 5.97 Å². The number of nitriles is 1. The third-order valence-electron chi connectivity index (χ3n) is 3.20. The fourth-order valence-electron chi connectivity index (χ4n) is 1.99. The summed E-state index contributed by atoms with van der Waals surface area (Å²) in [7, 11) is 0. The average molecular weight is 351 g/mol. The van der Waals surface area contributed by atoms with Crippen molar-refractivity contribution >= 4 is 5.97 Å². The lowest BCUT2D eigenvalue weighted by Gasteiger charge is -2.10. The molecule has 0 radical (unpaired) electrons. The first-order chi connectivity index (χ1) is 12.4. The fraction of sp³-hybridized carbons (Fsp3) is 0.273. The molecular formula is C22H25NO3. The Morgan fingerprint density at radius 1 is 1.08 bits per heavy atom. The zero-order chi connectivity index (χ0) is 19.5. The van der Waals surface area contributed by atoms with Gasteiger partial charge in [0.15, 0.2) is 0 Å². The number of carbonyl (C=O) groups excluding carboxylic acids is 1. The number of ether oxygens (including phenoxy) is 2. The predicted molar refractivity (Wildman–Crippen MR) is 104 cm³/mol. The highest BCUT2D eigenvalue weighted by atomic mass is 16.5. The summed E-state index contributed by atoms with van der Waals surface area (Å²) in [6.45, 7) is 11.2. The van der Waals surface area contributed by atoms with Gasteiger partial charge in [-0.2, -0.15) is 5.26 Å². The van der Waals surface area contributed by atoms with Crippen LogP contribution < -0.4 is 4.74 Å². The second-order valence-corrected chi connectivity index (χ2v) is 5.88. The van der Waals surface area contributed by atoms with Gasteiger partial charge in [-0.1, -0.05) is 30.8 Å². The van der Waals surface area contributed by atoms with Gasteiger partial charge in [-0.15, -0.1) is 0 Å². The first kappa shape index (κ1) is 21.0. The molecule has 0 aliphatic rings. The molecule has 0 aliphatic carbocycles. The lowest BCUT2D eigenvalue weighted by Crippen LogP contribution is -2.05. The summed E-state index contributed by atoms with van der Waals surface area (Å²) in [5.41, 5.74) is 3.35. The molecule has 0 saturated carbocycles. The van der Waals surface area contributed by atoms with E-state index in [2.05, 4.69) is 17.4 Å². The van der Waals surface area contributed by atoms with Crippen molar-refractivity contribution in [3.63, 3.8) is 0 Å². The van der Waals surface area contributed by atoms with Crippen molar-refractivity contribution in [3.8, 4) is 22.9 Å². The monoisotopic (exact) mass is 351 g/mol. The van der Waals surface area contributed by atoms with E-state index in [1.54, 1.807) is 13.8 Å². The average Bonchev–Trinajstić information content (AvgIpc) is 2.63. The molecule has 0 aliphatic heterocycles. The summed E-state index contributed by atoms with van der Waals surface area (Å²) < 4.78 is 10.2. The van der Waals surface area contributed by atoms with E-state index in [1.165, 1.54) is 0 Å². The van der Waals surface area contributed by atoms with Gasteiger partial charge in [0.25, 0.3) is 0 Å². The van der Waals surface area contributed by atoms with Crippen LogP contribution in [0.25, 0.3) is 11.1 Å². The molecule has 0 fully saturated rings. The van der Waals surface area contributed by atoms with E-state index >= 15 is 0 Å². The molecule has 0 aromatic heterocycles. The summed E-state index contributed by atoms with van der Waals surface area (Å²) in [4.78, 5) is 10.4. The molecule has 0 unspecified atom stereocenters. The van der Waals surface area contributed by atoms with Crippen LogP contribution in [0, 0.1) is 11.3 Å². The van der Waals surface area contributed by atoms with Crippen molar-refractivity contribution in [2.45, 2.75) is 33.8 Å². The van der Waals surface area contributed by atoms with Crippen LogP contribution in [0.4, 0.5) is 0 Å². The standard InChI is InChI=1S/C16H15NO.C6H10O2/c1-12(2)18-16-9-7-15(8-10-16)14-5-3-13(11-17)4-6-14;1-4-8-6(7)5(2)3/h3-10,12H,1-2H3;2,4H2,1,3H3. The topological polar surface area (TPSA) is 59.3 Å². The summed E-state index contributed by atoms with van der Waals surface area (Å²) in [6.07, 6.45) is 0.186. The molecular weight excluding hydrogens is 326 g/mol. The Morgan fingerprint density at radius 2 is 1.58 bits per heavy atom. The number of hydrogen-bond acceptors (Lipinski definition) is 4. The number of hydrogen-bond donors (Lipinski definition) is 0. The van der Waals surface area contributed by atoms with Crippen molar-refractivity contribution in [1.29, 1.82) is 5.26 Å². The second kappa shape index (κ2) is 10.7.